The first-order valence-electron chi connectivity index (χ1n) is 6.69. The van der Waals surface area contributed by atoms with Gasteiger partial charge in [-0.2, -0.15) is 0 Å². The van der Waals surface area contributed by atoms with E-state index in [0.29, 0.717) is 23.3 Å². The molecule has 0 bridgehead atoms. The number of rotatable bonds is 6. The molecule has 0 spiro atoms. The number of carboxylic acids is 1. The van der Waals surface area contributed by atoms with E-state index in [1.807, 2.05) is 18.2 Å². The summed E-state index contributed by atoms with van der Waals surface area (Å²) in [7, 11) is 1.57. The maximum Gasteiger partial charge on any atom is 0.325 e. The van der Waals surface area contributed by atoms with Gasteiger partial charge in [0.25, 0.3) is 0 Å². The molecule has 1 aliphatic carbocycles. The number of aliphatic carboxylic acids is 1. The second kappa shape index (κ2) is 5.61. The van der Waals surface area contributed by atoms with Crippen molar-refractivity contribution in [2.75, 3.05) is 7.11 Å². The third kappa shape index (κ3) is 3.26. The Morgan fingerprint density at radius 2 is 2.11 bits per heavy atom. The third-order valence-corrected chi connectivity index (χ3v) is 3.46. The molecule has 1 atom stereocenters. The van der Waals surface area contributed by atoms with Crippen LogP contribution in [0.1, 0.15) is 49.8 Å². The first kappa shape index (κ1) is 13.9. The molecular formula is C15H21NO3. The minimum Gasteiger partial charge on any atom is -0.496 e. The Morgan fingerprint density at radius 3 is 2.58 bits per heavy atom. The van der Waals surface area contributed by atoms with Crippen molar-refractivity contribution < 1.29 is 14.6 Å². The van der Waals surface area contributed by atoms with Crippen LogP contribution in [0, 0.1) is 0 Å². The Bertz CT molecular complexity index is 466. The first-order valence-corrected chi connectivity index (χ1v) is 6.69. The molecule has 2 N–H and O–H groups in total. The van der Waals surface area contributed by atoms with Crippen LogP contribution in [-0.4, -0.2) is 24.2 Å². The van der Waals surface area contributed by atoms with Crippen molar-refractivity contribution in [2.24, 2.45) is 0 Å². The average molecular weight is 263 g/mol. The summed E-state index contributed by atoms with van der Waals surface area (Å²) in [6, 6.07) is 5.42. The molecule has 1 saturated carbocycles. The maximum absolute atomic E-state index is 11.5. The summed E-state index contributed by atoms with van der Waals surface area (Å²) in [5.41, 5.74) is 1.84. The van der Waals surface area contributed by atoms with E-state index in [1.165, 1.54) is 0 Å². The molecule has 104 valence electrons. The van der Waals surface area contributed by atoms with E-state index < -0.39 is 12.0 Å². The van der Waals surface area contributed by atoms with Crippen molar-refractivity contribution in [3.05, 3.63) is 29.3 Å². The van der Waals surface area contributed by atoms with Gasteiger partial charge >= 0.3 is 5.97 Å². The van der Waals surface area contributed by atoms with E-state index in [-0.39, 0.29) is 0 Å². The number of methoxy groups -OCH3 is 1. The third-order valence-electron chi connectivity index (χ3n) is 3.46. The Morgan fingerprint density at radius 1 is 1.42 bits per heavy atom. The summed E-state index contributed by atoms with van der Waals surface area (Å²) in [5.74, 6) is 0.135. The summed E-state index contributed by atoms with van der Waals surface area (Å²) in [5, 5.41) is 12.6. The lowest BCUT2D eigenvalue weighted by Crippen LogP contribution is -2.30. The molecule has 2 rings (SSSR count). The lowest BCUT2D eigenvalue weighted by Gasteiger charge is -2.19. The van der Waals surface area contributed by atoms with E-state index in [4.69, 9.17) is 4.74 Å². The molecule has 0 heterocycles. The van der Waals surface area contributed by atoms with Gasteiger partial charge in [-0.15, -0.1) is 0 Å². The van der Waals surface area contributed by atoms with Gasteiger partial charge in [-0.05, 0) is 36.5 Å². The van der Waals surface area contributed by atoms with Crippen LogP contribution in [-0.2, 0) is 4.79 Å². The highest BCUT2D eigenvalue weighted by Gasteiger charge is 2.31. The lowest BCUT2D eigenvalue weighted by molar-refractivity contribution is -0.139. The topological polar surface area (TPSA) is 58.6 Å². The molecule has 1 aromatic rings. The number of hydrogen-bond donors (Lipinski definition) is 2. The molecule has 0 radical (unpaired) electrons. The van der Waals surface area contributed by atoms with Gasteiger partial charge in [0, 0.05) is 11.6 Å². The van der Waals surface area contributed by atoms with Crippen molar-refractivity contribution in [1.82, 2.24) is 5.32 Å². The fourth-order valence-corrected chi connectivity index (χ4v) is 2.12. The zero-order valence-corrected chi connectivity index (χ0v) is 11.6. The highest BCUT2D eigenvalue weighted by molar-refractivity contribution is 5.77. The second-order valence-corrected chi connectivity index (χ2v) is 5.37. The predicted octanol–water partition coefficient (Wildman–Crippen LogP) is 2.70. The van der Waals surface area contributed by atoms with Crippen LogP contribution in [0.25, 0.3) is 0 Å². The molecule has 1 aliphatic rings. The van der Waals surface area contributed by atoms with Crippen molar-refractivity contribution in [3.63, 3.8) is 0 Å². The molecule has 19 heavy (non-hydrogen) atoms. The Kier molecular flexibility index (Phi) is 4.10. The molecule has 4 heteroatoms. The van der Waals surface area contributed by atoms with Gasteiger partial charge < -0.3 is 9.84 Å². The van der Waals surface area contributed by atoms with Gasteiger partial charge in [-0.25, -0.2) is 0 Å². The number of nitrogens with one attached hydrogen (secondary N) is 1. The molecule has 0 aromatic heterocycles. The van der Waals surface area contributed by atoms with Crippen molar-refractivity contribution in [3.8, 4) is 5.75 Å². The molecule has 0 aliphatic heterocycles. The second-order valence-electron chi connectivity index (χ2n) is 5.37. The summed E-state index contributed by atoms with van der Waals surface area (Å²) >= 11 is 0. The number of carbonyl (C=O) groups is 1. The number of carboxylic acid groups (broad SMARTS) is 1. The largest absolute Gasteiger partial charge is 0.496 e. The monoisotopic (exact) mass is 263 g/mol. The predicted molar refractivity (Wildman–Crippen MR) is 73.6 cm³/mol. The van der Waals surface area contributed by atoms with Gasteiger partial charge in [-0.1, -0.05) is 19.9 Å². The first-order chi connectivity index (χ1) is 9.02. The van der Waals surface area contributed by atoms with Gasteiger partial charge in [0.05, 0.1) is 7.11 Å². The summed E-state index contributed by atoms with van der Waals surface area (Å²) in [4.78, 5) is 11.5. The maximum atomic E-state index is 11.5. The Hall–Kier alpha value is -1.55. The Balaban J connectivity index is 2.36. The van der Waals surface area contributed by atoms with Crippen LogP contribution in [0.4, 0.5) is 0 Å². The van der Waals surface area contributed by atoms with Crippen LogP contribution >= 0.6 is 0 Å². The summed E-state index contributed by atoms with van der Waals surface area (Å²) < 4.78 is 5.31. The quantitative estimate of drug-likeness (QED) is 0.828. The van der Waals surface area contributed by atoms with E-state index in [9.17, 15) is 9.90 Å². The number of ether oxygens (including phenoxy) is 1. The van der Waals surface area contributed by atoms with Gasteiger partial charge in [0.15, 0.2) is 0 Å². The highest BCUT2D eigenvalue weighted by atomic mass is 16.5. The smallest absolute Gasteiger partial charge is 0.325 e. The zero-order chi connectivity index (χ0) is 14.0. The van der Waals surface area contributed by atoms with Crippen molar-refractivity contribution in [2.45, 2.75) is 44.7 Å². The molecule has 1 aromatic carbocycles. The minimum absolute atomic E-state index is 0.327. The van der Waals surface area contributed by atoms with Crippen molar-refractivity contribution >= 4 is 5.97 Å². The van der Waals surface area contributed by atoms with Crippen LogP contribution in [0.15, 0.2) is 18.2 Å². The molecule has 1 unspecified atom stereocenters. The standard InChI is InChI=1S/C15H21NO3/c1-9(2)10-4-7-13(19-3)12(8-10)14(15(17)18)16-11-5-6-11/h4,7-9,11,14,16H,5-6H2,1-3H3,(H,17,18). The zero-order valence-electron chi connectivity index (χ0n) is 11.6. The summed E-state index contributed by atoms with van der Waals surface area (Å²) in [6.07, 6.45) is 2.10. The van der Waals surface area contributed by atoms with Crippen LogP contribution < -0.4 is 10.1 Å². The molecule has 0 amide bonds. The van der Waals surface area contributed by atoms with Crippen LogP contribution in [0.2, 0.25) is 0 Å². The minimum atomic E-state index is -0.855. The van der Waals surface area contributed by atoms with E-state index >= 15 is 0 Å². The van der Waals surface area contributed by atoms with Crippen molar-refractivity contribution in [1.29, 1.82) is 0 Å². The number of benzene rings is 1. The lowest BCUT2D eigenvalue weighted by atomic mass is 9.96. The molecular weight excluding hydrogens is 242 g/mol. The number of hydrogen-bond acceptors (Lipinski definition) is 3. The average Bonchev–Trinajstić information content (AvgIpc) is 3.18. The molecule has 0 saturated heterocycles. The molecule has 1 fully saturated rings. The van der Waals surface area contributed by atoms with E-state index in [0.717, 1.165) is 18.4 Å². The van der Waals surface area contributed by atoms with E-state index in [2.05, 4.69) is 19.2 Å². The molecule has 4 nitrogen and oxygen atoms in total. The summed E-state index contributed by atoms with van der Waals surface area (Å²) in [6.45, 7) is 4.19. The van der Waals surface area contributed by atoms with Crippen LogP contribution in [0.3, 0.4) is 0 Å². The fourth-order valence-electron chi connectivity index (χ4n) is 2.12. The Labute approximate surface area is 113 Å². The van der Waals surface area contributed by atoms with Crippen LogP contribution in [0.5, 0.6) is 5.75 Å². The fraction of sp³-hybridized carbons (Fsp3) is 0.533. The normalized spacial score (nSPS) is 16.4. The van der Waals surface area contributed by atoms with Gasteiger partial charge in [0.2, 0.25) is 0 Å². The van der Waals surface area contributed by atoms with Gasteiger partial charge in [-0.3, -0.25) is 10.1 Å². The SMILES string of the molecule is COc1ccc(C(C)C)cc1C(NC1CC1)C(=O)O. The van der Waals surface area contributed by atoms with Gasteiger partial charge in [0.1, 0.15) is 11.8 Å². The van der Waals surface area contributed by atoms with E-state index in [1.54, 1.807) is 7.11 Å². The highest BCUT2D eigenvalue weighted by Crippen LogP contribution is 2.32.